The summed E-state index contributed by atoms with van der Waals surface area (Å²) in [7, 11) is 0. The van der Waals surface area contributed by atoms with Crippen LogP contribution in [-0.4, -0.2) is 16.9 Å². The average Bonchev–Trinajstić information content (AvgIpc) is 3.20. The topological polar surface area (TPSA) is 34.0 Å². The second-order valence-electron chi connectivity index (χ2n) is 6.95. The van der Waals surface area contributed by atoms with Gasteiger partial charge in [-0.15, -0.1) is 0 Å². The highest BCUT2D eigenvalue weighted by molar-refractivity contribution is 6.00. The van der Waals surface area contributed by atoms with Gasteiger partial charge in [-0.05, 0) is 51.0 Å². The van der Waals surface area contributed by atoms with Crippen molar-refractivity contribution in [3.63, 3.8) is 0 Å². The fourth-order valence-corrected chi connectivity index (χ4v) is 3.87. The first-order valence-electron chi connectivity index (χ1n) is 8.90. The van der Waals surface area contributed by atoms with Gasteiger partial charge in [0, 0.05) is 28.7 Å². The molecule has 0 atom stereocenters. The predicted octanol–water partition coefficient (Wildman–Crippen LogP) is 5.53. The van der Waals surface area contributed by atoms with Crippen LogP contribution in [0.3, 0.4) is 0 Å². The summed E-state index contributed by atoms with van der Waals surface area (Å²) in [5.41, 5.74) is 2.23. The number of halogens is 3. The normalized spacial score (nSPS) is 15.4. The lowest BCUT2D eigenvalue weighted by Crippen LogP contribution is -2.16. The zero-order valence-corrected chi connectivity index (χ0v) is 15.0. The van der Waals surface area contributed by atoms with E-state index in [1.165, 1.54) is 25.0 Å². The number of carbonyl (C=O) groups excluding carboxylic acids is 1. The van der Waals surface area contributed by atoms with Gasteiger partial charge in [0.2, 0.25) is 0 Å². The molecule has 0 unspecified atom stereocenters. The third-order valence-electron chi connectivity index (χ3n) is 5.12. The van der Waals surface area contributed by atoms with Crippen LogP contribution in [0.15, 0.2) is 30.3 Å². The lowest BCUT2D eigenvalue weighted by molar-refractivity contribution is -0.137. The highest BCUT2D eigenvalue weighted by atomic mass is 19.4. The van der Waals surface area contributed by atoms with Crippen LogP contribution in [0.2, 0.25) is 0 Å². The van der Waals surface area contributed by atoms with Gasteiger partial charge in [0.1, 0.15) is 0 Å². The first-order chi connectivity index (χ1) is 12.3. The first-order valence-corrected chi connectivity index (χ1v) is 8.90. The maximum absolute atomic E-state index is 12.8. The summed E-state index contributed by atoms with van der Waals surface area (Å²) in [4.78, 5) is 12.6. The highest BCUT2D eigenvalue weighted by Crippen LogP contribution is 2.34. The molecule has 140 valence electrons. The molecule has 2 aromatic rings. The molecule has 0 amide bonds. The summed E-state index contributed by atoms with van der Waals surface area (Å²) < 4.78 is 40.6. The van der Waals surface area contributed by atoms with Gasteiger partial charge < -0.3 is 9.88 Å². The molecule has 0 bridgehead atoms. The molecule has 3 rings (SSSR count). The van der Waals surface area contributed by atoms with E-state index in [4.69, 9.17) is 0 Å². The van der Waals surface area contributed by atoms with E-state index in [0.29, 0.717) is 11.6 Å². The number of anilines is 1. The average molecular weight is 364 g/mol. The summed E-state index contributed by atoms with van der Waals surface area (Å²) >= 11 is 0. The van der Waals surface area contributed by atoms with Crippen LogP contribution in [0.5, 0.6) is 0 Å². The van der Waals surface area contributed by atoms with Crippen LogP contribution >= 0.6 is 0 Å². The molecule has 1 saturated carbocycles. The molecule has 0 aliphatic heterocycles. The Labute approximate surface area is 151 Å². The van der Waals surface area contributed by atoms with E-state index in [0.717, 1.165) is 36.4 Å². The summed E-state index contributed by atoms with van der Waals surface area (Å²) in [6, 6.07) is 7.25. The van der Waals surface area contributed by atoms with Gasteiger partial charge in [0.25, 0.3) is 0 Å². The number of aromatic nitrogens is 1. The van der Waals surface area contributed by atoms with Gasteiger partial charge in [-0.3, -0.25) is 4.79 Å². The first kappa shape index (κ1) is 18.5. The van der Waals surface area contributed by atoms with Crippen LogP contribution in [0.1, 0.15) is 59.0 Å². The third-order valence-corrected chi connectivity index (χ3v) is 5.12. The molecule has 1 fully saturated rings. The molecular formula is C20H23F3N2O. The number of Topliss-reactive ketones (excluding diaryl/α,β-unsaturated/α-hetero) is 1. The Hall–Kier alpha value is -2.24. The number of aryl methyl sites for hydroxylation is 1. The molecule has 1 aliphatic carbocycles. The molecule has 1 N–H and O–H groups in total. The van der Waals surface area contributed by atoms with Crippen LogP contribution in [0, 0.1) is 13.8 Å². The maximum atomic E-state index is 12.8. The second kappa shape index (κ2) is 7.17. The number of hydrogen-bond donors (Lipinski definition) is 1. The van der Waals surface area contributed by atoms with Crippen molar-refractivity contribution in [3.8, 4) is 0 Å². The Morgan fingerprint density at radius 1 is 1.19 bits per heavy atom. The Balaban J connectivity index is 1.72. The minimum atomic E-state index is -4.39. The van der Waals surface area contributed by atoms with Gasteiger partial charge >= 0.3 is 6.18 Å². The molecule has 3 nitrogen and oxygen atoms in total. The Bertz CT molecular complexity index is 802. The number of alkyl halides is 3. The standard InChI is InChI=1S/C20H23F3N2O/c1-13-10-18(14(2)25(13)17-8-3-4-9-17)19(26)12-24-16-7-5-6-15(11-16)20(21,22)23/h5-7,10-11,17,24H,3-4,8-9,12H2,1-2H3. The van der Waals surface area contributed by atoms with Crippen molar-refractivity contribution in [3.05, 3.63) is 52.8 Å². The summed E-state index contributed by atoms with van der Waals surface area (Å²) in [5.74, 6) is -0.111. The largest absolute Gasteiger partial charge is 0.416 e. The van der Waals surface area contributed by atoms with Crippen molar-refractivity contribution in [1.82, 2.24) is 4.57 Å². The van der Waals surface area contributed by atoms with E-state index in [1.54, 1.807) is 0 Å². The molecule has 6 heteroatoms. The SMILES string of the molecule is Cc1cc(C(=O)CNc2cccc(C(F)(F)F)c2)c(C)n1C1CCCC1. The van der Waals surface area contributed by atoms with Gasteiger partial charge in [-0.1, -0.05) is 18.9 Å². The number of hydrogen-bond acceptors (Lipinski definition) is 2. The fraction of sp³-hybridized carbons (Fsp3) is 0.450. The summed E-state index contributed by atoms with van der Waals surface area (Å²) in [6.07, 6.45) is 0.289. The van der Waals surface area contributed by atoms with Crippen LogP contribution in [0.4, 0.5) is 18.9 Å². The lowest BCUT2D eigenvalue weighted by atomic mass is 10.1. The number of rotatable bonds is 5. The fourth-order valence-electron chi connectivity index (χ4n) is 3.87. The maximum Gasteiger partial charge on any atom is 0.416 e. The molecule has 26 heavy (non-hydrogen) atoms. The zero-order valence-electron chi connectivity index (χ0n) is 15.0. The van der Waals surface area contributed by atoms with Crippen LogP contribution in [0.25, 0.3) is 0 Å². The Kier molecular flexibility index (Phi) is 5.12. The van der Waals surface area contributed by atoms with E-state index in [1.807, 2.05) is 19.9 Å². The minimum Gasteiger partial charge on any atom is -0.378 e. The number of ketones is 1. The van der Waals surface area contributed by atoms with Gasteiger partial charge in [-0.2, -0.15) is 13.2 Å². The number of nitrogens with one attached hydrogen (secondary N) is 1. The quantitative estimate of drug-likeness (QED) is 0.708. The number of nitrogens with zero attached hydrogens (tertiary/aromatic N) is 1. The second-order valence-corrected chi connectivity index (χ2v) is 6.95. The summed E-state index contributed by atoms with van der Waals surface area (Å²) in [5, 5.41) is 2.82. The van der Waals surface area contributed by atoms with E-state index in [2.05, 4.69) is 9.88 Å². The molecule has 1 aliphatic rings. The smallest absolute Gasteiger partial charge is 0.378 e. The number of benzene rings is 1. The Morgan fingerprint density at radius 2 is 1.88 bits per heavy atom. The van der Waals surface area contributed by atoms with Gasteiger partial charge in [0.15, 0.2) is 5.78 Å². The van der Waals surface area contributed by atoms with Crippen molar-refractivity contribution >= 4 is 11.5 Å². The molecular weight excluding hydrogens is 341 g/mol. The number of carbonyl (C=O) groups is 1. The molecule has 1 aromatic carbocycles. The third kappa shape index (κ3) is 3.79. The van der Waals surface area contributed by atoms with Gasteiger partial charge in [0.05, 0.1) is 12.1 Å². The van der Waals surface area contributed by atoms with Gasteiger partial charge in [-0.25, -0.2) is 0 Å². The van der Waals surface area contributed by atoms with Crippen molar-refractivity contribution in [2.45, 2.75) is 51.7 Å². The lowest BCUT2D eigenvalue weighted by Gasteiger charge is -2.17. The van der Waals surface area contributed by atoms with E-state index < -0.39 is 11.7 Å². The predicted molar refractivity (Wildman–Crippen MR) is 95.7 cm³/mol. The van der Waals surface area contributed by atoms with E-state index in [-0.39, 0.29) is 18.0 Å². The molecule has 0 spiro atoms. The zero-order chi connectivity index (χ0) is 18.9. The van der Waals surface area contributed by atoms with Crippen LogP contribution < -0.4 is 5.32 Å². The van der Waals surface area contributed by atoms with E-state index >= 15 is 0 Å². The van der Waals surface area contributed by atoms with Crippen molar-refractivity contribution in [2.24, 2.45) is 0 Å². The Morgan fingerprint density at radius 3 is 2.54 bits per heavy atom. The molecule has 1 heterocycles. The van der Waals surface area contributed by atoms with Crippen molar-refractivity contribution < 1.29 is 18.0 Å². The molecule has 0 radical (unpaired) electrons. The van der Waals surface area contributed by atoms with Crippen molar-refractivity contribution in [2.75, 3.05) is 11.9 Å². The highest BCUT2D eigenvalue weighted by Gasteiger charge is 2.30. The van der Waals surface area contributed by atoms with Crippen LogP contribution in [-0.2, 0) is 6.18 Å². The molecule has 0 saturated heterocycles. The molecule has 1 aromatic heterocycles. The van der Waals surface area contributed by atoms with E-state index in [9.17, 15) is 18.0 Å². The van der Waals surface area contributed by atoms with Crippen molar-refractivity contribution in [1.29, 1.82) is 0 Å². The summed E-state index contributed by atoms with van der Waals surface area (Å²) in [6.45, 7) is 3.92. The monoisotopic (exact) mass is 364 g/mol. The minimum absolute atomic E-state index is 0.0315.